The summed E-state index contributed by atoms with van der Waals surface area (Å²) in [6.45, 7) is 2.82. The Bertz CT molecular complexity index is 1150. The van der Waals surface area contributed by atoms with E-state index in [1.54, 1.807) is 12.1 Å². The summed E-state index contributed by atoms with van der Waals surface area (Å²) in [6, 6.07) is 15.4. The molecule has 0 aliphatic carbocycles. The van der Waals surface area contributed by atoms with Crippen LogP contribution in [0.1, 0.15) is 15.5 Å². The van der Waals surface area contributed by atoms with Crippen LogP contribution in [0.5, 0.6) is 0 Å². The van der Waals surface area contributed by atoms with Crippen LogP contribution in [0.15, 0.2) is 63.7 Å². The summed E-state index contributed by atoms with van der Waals surface area (Å²) in [4.78, 5) is 19.7. The van der Waals surface area contributed by atoms with Gasteiger partial charge in [0.2, 0.25) is 5.82 Å². The summed E-state index contributed by atoms with van der Waals surface area (Å²) in [7, 11) is 0. The van der Waals surface area contributed by atoms with Gasteiger partial charge >= 0.3 is 5.97 Å². The molecule has 1 aliphatic rings. The van der Waals surface area contributed by atoms with Crippen LogP contribution in [0, 0.1) is 0 Å². The number of ether oxygens (including phenoxy) is 2. The molecule has 0 unspecified atom stereocenters. The van der Waals surface area contributed by atoms with E-state index in [0.717, 1.165) is 29.2 Å². The zero-order chi connectivity index (χ0) is 21.0. The van der Waals surface area contributed by atoms with E-state index in [1.165, 1.54) is 17.6 Å². The summed E-state index contributed by atoms with van der Waals surface area (Å²) >= 11 is 1.42. The van der Waals surface area contributed by atoms with Gasteiger partial charge in [-0.25, -0.2) is 4.79 Å². The van der Waals surface area contributed by atoms with E-state index in [9.17, 15) is 4.79 Å². The molecule has 0 radical (unpaired) electrons. The molecular weight excluding hydrogens is 418 g/mol. The summed E-state index contributed by atoms with van der Waals surface area (Å²) < 4.78 is 21.3. The van der Waals surface area contributed by atoms with Gasteiger partial charge in [-0.2, -0.15) is 4.98 Å². The Kier molecular flexibility index (Phi) is 5.51. The van der Waals surface area contributed by atoms with Gasteiger partial charge in [-0.15, -0.1) is 11.3 Å². The lowest BCUT2D eigenvalue weighted by Crippen LogP contribution is -2.35. The molecule has 0 saturated carbocycles. The molecule has 4 heterocycles. The molecule has 8 nitrogen and oxygen atoms in total. The van der Waals surface area contributed by atoms with E-state index in [1.807, 2.05) is 36.4 Å². The average Bonchev–Trinajstić information content (AvgIpc) is 3.59. The van der Waals surface area contributed by atoms with Crippen LogP contribution in [0.4, 0.5) is 5.00 Å². The number of furan rings is 1. The van der Waals surface area contributed by atoms with Gasteiger partial charge in [0.1, 0.15) is 4.88 Å². The van der Waals surface area contributed by atoms with E-state index < -0.39 is 5.97 Å². The van der Waals surface area contributed by atoms with E-state index in [2.05, 4.69) is 15.0 Å². The van der Waals surface area contributed by atoms with Gasteiger partial charge in [0.25, 0.3) is 5.89 Å². The van der Waals surface area contributed by atoms with Crippen LogP contribution in [0.25, 0.3) is 22.8 Å². The third kappa shape index (κ3) is 4.23. The Morgan fingerprint density at radius 2 is 1.97 bits per heavy atom. The maximum Gasteiger partial charge on any atom is 0.348 e. The number of thiophene rings is 1. The van der Waals surface area contributed by atoms with Crippen molar-refractivity contribution < 1.29 is 23.2 Å². The molecule has 1 fully saturated rings. The molecule has 0 amide bonds. The number of carbonyl (C=O) groups is 1. The van der Waals surface area contributed by atoms with Crippen molar-refractivity contribution in [2.75, 3.05) is 31.2 Å². The normalized spacial score (nSPS) is 14.0. The van der Waals surface area contributed by atoms with Crippen LogP contribution >= 0.6 is 11.3 Å². The lowest BCUT2D eigenvalue weighted by molar-refractivity contribution is 0.0465. The summed E-state index contributed by atoms with van der Waals surface area (Å²) in [6.07, 6.45) is 1.52. The van der Waals surface area contributed by atoms with Crippen molar-refractivity contribution in [3.05, 3.63) is 65.5 Å². The maximum absolute atomic E-state index is 12.8. The molecule has 3 aromatic heterocycles. The maximum atomic E-state index is 12.8. The lowest BCUT2D eigenvalue weighted by atomic mass is 10.1. The van der Waals surface area contributed by atoms with Gasteiger partial charge in [-0.1, -0.05) is 35.5 Å². The number of hydrogen-bond donors (Lipinski definition) is 0. The number of hydrogen-bond acceptors (Lipinski definition) is 9. The number of morpholine rings is 1. The minimum absolute atomic E-state index is 0.0888. The molecule has 1 aromatic carbocycles. The first-order valence-electron chi connectivity index (χ1n) is 9.83. The smallest absolute Gasteiger partial charge is 0.348 e. The minimum atomic E-state index is -0.425. The van der Waals surface area contributed by atoms with E-state index in [-0.39, 0.29) is 18.3 Å². The van der Waals surface area contributed by atoms with Crippen LogP contribution in [0.2, 0.25) is 0 Å². The fraction of sp³-hybridized carbons (Fsp3) is 0.227. The predicted octanol–water partition coefficient (Wildman–Crippen LogP) is 4.25. The standard InChI is InChI=1S/C22H19N3O5S/c26-22(29-14-19-23-20(30-24-19)17-7-4-10-28-17)18-13-16(15-5-2-1-3-6-15)21(31-18)25-8-11-27-12-9-25/h1-7,10,13H,8-9,11-12,14H2. The molecule has 1 aliphatic heterocycles. The summed E-state index contributed by atoms with van der Waals surface area (Å²) in [5.74, 6) is 0.554. The van der Waals surface area contributed by atoms with Gasteiger partial charge in [0.05, 0.1) is 24.5 Å². The second kappa shape index (κ2) is 8.75. The SMILES string of the molecule is O=C(OCc1noc(-c2ccco2)n1)c1cc(-c2ccccc2)c(N2CCOCC2)s1. The summed E-state index contributed by atoms with van der Waals surface area (Å²) in [5.41, 5.74) is 2.07. The van der Waals surface area contributed by atoms with Crippen molar-refractivity contribution in [3.63, 3.8) is 0 Å². The number of anilines is 1. The average molecular weight is 437 g/mol. The highest BCUT2D eigenvalue weighted by Gasteiger charge is 2.23. The fourth-order valence-electron chi connectivity index (χ4n) is 3.32. The number of carbonyl (C=O) groups excluding carboxylic acids is 1. The van der Waals surface area contributed by atoms with Crippen molar-refractivity contribution in [1.82, 2.24) is 10.1 Å². The predicted molar refractivity (Wildman–Crippen MR) is 114 cm³/mol. The molecule has 31 heavy (non-hydrogen) atoms. The molecule has 1 saturated heterocycles. The molecule has 0 spiro atoms. The Morgan fingerprint density at radius 1 is 1.13 bits per heavy atom. The van der Waals surface area contributed by atoms with E-state index in [4.69, 9.17) is 18.4 Å². The fourth-order valence-corrected chi connectivity index (χ4v) is 4.45. The van der Waals surface area contributed by atoms with Crippen LogP contribution in [0.3, 0.4) is 0 Å². The first-order chi connectivity index (χ1) is 15.3. The second-order valence-electron chi connectivity index (χ2n) is 6.86. The Hall–Kier alpha value is -3.43. The summed E-state index contributed by atoms with van der Waals surface area (Å²) in [5, 5.41) is 4.88. The van der Waals surface area contributed by atoms with Gasteiger partial charge in [0, 0.05) is 18.7 Å². The first-order valence-corrected chi connectivity index (χ1v) is 10.6. The second-order valence-corrected chi connectivity index (χ2v) is 7.89. The van der Waals surface area contributed by atoms with E-state index >= 15 is 0 Å². The Labute approximate surface area is 182 Å². The van der Waals surface area contributed by atoms with Gasteiger partial charge in [-0.05, 0) is 23.8 Å². The Morgan fingerprint density at radius 3 is 2.74 bits per heavy atom. The molecular formula is C22H19N3O5S. The largest absolute Gasteiger partial charge is 0.459 e. The molecule has 0 N–H and O–H groups in total. The zero-order valence-corrected chi connectivity index (χ0v) is 17.3. The molecule has 0 atom stereocenters. The molecule has 0 bridgehead atoms. The molecule has 158 valence electrons. The molecule has 4 aromatic rings. The highest BCUT2D eigenvalue weighted by molar-refractivity contribution is 7.18. The van der Waals surface area contributed by atoms with Gasteiger partial charge in [0.15, 0.2) is 12.4 Å². The monoisotopic (exact) mass is 437 g/mol. The van der Waals surface area contributed by atoms with Gasteiger partial charge < -0.3 is 23.3 Å². The zero-order valence-electron chi connectivity index (χ0n) is 16.5. The third-order valence-electron chi connectivity index (χ3n) is 4.83. The van der Waals surface area contributed by atoms with Crippen LogP contribution in [-0.4, -0.2) is 42.4 Å². The van der Waals surface area contributed by atoms with Crippen molar-refractivity contribution in [2.24, 2.45) is 0 Å². The van der Waals surface area contributed by atoms with Gasteiger partial charge in [-0.3, -0.25) is 0 Å². The highest BCUT2D eigenvalue weighted by atomic mass is 32.1. The van der Waals surface area contributed by atoms with Crippen LogP contribution in [-0.2, 0) is 16.1 Å². The third-order valence-corrected chi connectivity index (χ3v) is 6.01. The molecule has 9 heteroatoms. The van der Waals surface area contributed by atoms with E-state index in [0.29, 0.717) is 23.9 Å². The van der Waals surface area contributed by atoms with Crippen molar-refractivity contribution in [2.45, 2.75) is 6.61 Å². The van der Waals surface area contributed by atoms with Crippen molar-refractivity contribution >= 4 is 22.3 Å². The quantitative estimate of drug-likeness (QED) is 0.414. The Balaban J connectivity index is 1.34. The topological polar surface area (TPSA) is 90.8 Å². The highest BCUT2D eigenvalue weighted by Crippen LogP contribution is 2.39. The number of aromatic nitrogens is 2. The number of nitrogens with zero attached hydrogens (tertiary/aromatic N) is 3. The lowest BCUT2D eigenvalue weighted by Gasteiger charge is -2.28. The first kappa shape index (κ1) is 19.5. The van der Waals surface area contributed by atoms with Crippen molar-refractivity contribution in [3.8, 4) is 22.8 Å². The minimum Gasteiger partial charge on any atom is -0.459 e. The molecule has 5 rings (SSSR count). The number of benzene rings is 1. The number of esters is 1. The number of rotatable bonds is 6. The van der Waals surface area contributed by atoms with Crippen molar-refractivity contribution in [1.29, 1.82) is 0 Å². The van der Waals surface area contributed by atoms with Crippen LogP contribution < -0.4 is 4.90 Å².